The molecule has 2 rings (SSSR count). The summed E-state index contributed by atoms with van der Waals surface area (Å²) in [5.41, 5.74) is 1.21. The van der Waals surface area contributed by atoms with Gasteiger partial charge in [0, 0.05) is 12.6 Å². The largest absolute Gasteiger partial charge is 0.384 e. The van der Waals surface area contributed by atoms with E-state index in [2.05, 4.69) is 25.3 Å². The number of anilines is 2. The standard InChI is InChI=1S/C11H12N4O2/c1-2-12-8-3-4-9(13-7-8)11(16)14-10-5-6-17-15-10/h3-7,12H,2H2,1H3,(H,14,15,16). The maximum atomic E-state index is 11.7. The molecule has 0 radical (unpaired) electrons. The summed E-state index contributed by atoms with van der Waals surface area (Å²) in [6.07, 6.45) is 3.00. The molecule has 0 atom stereocenters. The number of rotatable bonds is 4. The SMILES string of the molecule is CCNc1ccc(C(=O)Nc2ccon2)nc1. The zero-order chi connectivity index (χ0) is 12.1. The highest BCUT2D eigenvalue weighted by Gasteiger charge is 2.08. The van der Waals surface area contributed by atoms with Gasteiger partial charge in [0.15, 0.2) is 5.82 Å². The molecule has 2 aromatic heterocycles. The lowest BCUT2D eigenvalue weighted by molar-refractivity contribution is 0.102. The number of carbonyl (C=O) groups is 1. The van der Waals surface area contributed by atoms with Crippen LogP contribution in [0, 0.1) is 0 Å². The van der Waals surface area contributed by atoms with Crippen LogP contribution in [0.25, 0.3) is 0 Å². The molecule has 2 heterocycles. The number of amides is 1. The summed E-state index contributed by atoms with van der Waals surface area (Å²) < 4.78 is 4.61. The molecule has 2 N–H and O–H groups in total. The van der Waals surface area contributed by atoms with Gasteiger partial charge in [-0.3, -0.25) is 4.79 Å². The van der Waals surface area contributed by atoms with Gasteiger partial charge in [0.05, 0.1) is 11.9 Å². The van der Waals surface area contributed by atoms with Crippen molar-refractivity contribution in [3.63, 3.8) is 0 Å². The Bertz CT molecular complexity index is 479. The van der Waals surface area contributed by atoms with Gasteiger partial charge in [0.25, 0.3) is 5.91 Å². The fourth-order valence-corrected chi connectivity index (χ4v) is 1.29. The Kier molecular flexibility index (Phi) is 3.34. The van der Waals surface area contributed by atoms with E-state index in [4.69, 9.17) is 0 Å². The number of pyridine rings is 1. The predicted octanol–water partition coefficient (Wildman–Crippen LogP) is 1.75. The van der Waals surface area contributed by atoms with Crippen LogP contribution in [-0.4, -0.2) is 22.6 Å². The lowest BCUT2D eigenvalue weighted by Gasteiger charge is -2.03. The van der Waals surface area contributed by atoms with Gasteiger partial charge in [-0.05, 0) is 19.1 Å². The van der Waals surface area contributed by atoms with Crippen molar-refractivity contribution in [3.8, 4) is 0 Å². The van der Waals surface area contributed by atoms with E-state index in [-0.39, 0.29) is 5.91 Å². The molecule has 0 aliphatic carbocycles. The van der Waals surface area contributed by atoms with Gasteiger partial charge < -0.3 is 15.2 Å². The normalized spacial score (nSPS) is 9.94. The topological polar surface area (TPSA) is 80.0 Å². The first-order chi connectivity index (χ1) is 8.29. The molecule has 0 aliphatic heterocycles. The van der Waals surface area contributed by atoms with Gasteiger partial charge in [0.2, 0.25) is 0 Å². The summed E-state index contributed by atoms with van der Waals surface area (Å²) in [5.74, 6) is 0.0505. The van der Waals surface area contributed by atoms with Crippen molar-refractivity contribution in [1.82, 2.24) is 10.1 Å². The van der Waals surface area contributed by atoms with Crippen molar-refractivity contribution in [2.75, 3.05) is 17.2 Å². The lowest BCUT2D eigenvalue weighted by Crippen LogP contribution is -2.13. The minimum Gasteiger partial charge on any atom is -0.384 e. The number of aromatic nitrogens is 2. The van der Waals surface area contributed by atoms with Gasteiger partial charge in [0.1, 0.15) is 12.0 Å². The van der Waals surface area contributed by atoms with E-state index in [1.165, 1.54) is 6.26 Å². The second kappa shape index (κ2) is 5.11. The molecular formula is C11H12N4O2. The van der Waals surface area contributed by atoms with Crippen LogP contribution in [-0.2, 0) is 0 Å². The van der Waals surface area contributed by atoms with Crippen LogP contribution in [0.3, 0.4) is 0 Å². The first kappa shape index (κ1) is 11.1. The highest BCUT2D eigenvalue weighted by molar-refractivity contribution is 6.02. The average molecular weight is 232 g/mol. The van der Waals surface area contributed by atoms with Crippen molar-refractivity contribution >= 4 is 17.4 Å². The van der Waals surface area contributed by atoms with Crippen LogP contribution in [0.1, 0.15) is 17.4 Å². The van der Waals surface area contributed by atoms with Gasteiger partial charge in [-0.1, -0.05) is 5.16 Å². The van der Waals surface area contributed by atoms with Crippen LogP contribution in [0.5, 0.6) is 0 Å². The maximum absolute atomic E-state index is 11.7. The van der Waals surface area contributed by atoms with Crippen LogP contribution in [0.2, 0.25) is 0 Å². The number of hydrogen-bond acceptors (Lipinski definition) is 5. The van der Waals surface area contributed by atoms with Crippen LogP contribution in [0.15, 0.2) is 35.2 Å². The van der Waals surface area contributed by atoms with Crippen molar-refractivity contribution in [3.05, 3.63) is 36.4 Å². The summed E-state index contributed by atoms with van der Waals surface area (Å²) in [5, 5.41) is 9.24. The van der Waals surface area contributed by atoms with Gasteiger partial charge in [-0.2, -0.15) is 0 Å². The highest BCUT2D eigenvalue weighted by atomic mass is 16.5. The minimum atomic E-state index is -0.318. The van der Waals surface area contributed by atoms with Crippen LogP contribution in [0.4, 0.5) is 11.5 Å². The average Bonchev–Trinajstić information content (AvgIpc) is 2.83. The fraction of sp³-hybridized carbons (Fsp3) is 0.182. The molecule has 0 fully saturated rings. The Balaban J connectivity index is 2.04. The maximum Gasteiger partial charge on any atom is 0.275 e. The summed E-state index contributed by atoms with van der Waals surface area (Å²) in [4.78, 5) is 15.8. The molecule has 6 heteroatoms. The van der Waals surface area contributed by atoms with Crippen molar-refractivity contribution < 1.29 is 9.32 Å². The summed E-state index contributed by atoms with van der Waals surface area (Å²) in [6.45, 7) is 2.80. The number of carbonyl (C=O) groups excluding carboxylic acids is 1. The minimum absolute atomic E-state index is 0.318. The molecule has 0 saturated carbocycles. The van der Waals surface area contributed by atoms with Crippen molar-refractivity contribution in [1.29, 1.82) is 0 Å². The fourth-order valence-electron chi connectivity index (χ4n) is 1.29. The van der Waals surface area contributed by atoms with E-state index < -0.39 is 0 Å². The predicted molar refractivity (Wildman–Crippen MR) is 62.9 cm³/mol. The third-order valence-corrected chi connectivity index (χ3v) is 2.06. The molecule has 88 valence electrons. The Labute approximate surface area is 98.0 Å². The van der Waals surface area contributed by atoms with E-state index in [1.807, 2.05) is 6.92 Å². The van der Waals surface area contributed by atoms with Crippen LogP contribution >= 0.6 is 0 Å². The third-order valence-electron chi connectivity index (χ3n) is 2.06. The molecule has 2 aromatic rings. The molecule has 1 amide bonds. The number of nitrogens with one attached hydrogen (secondary N) is 2. The van der Waals surface area contributed by atoms with Crippen molar-refractivity contribution in [2.45, 2.75) is 6.92 Å². The molecule has 6 nitrogen and oxygen atoms in total. The molecule has 0 aliphatic rings. The quantitative estimate of drug-likeness (QED) is 0.839. The van der Waals surface area contributed by atoms with E-state index in [0.717, 1.165) is 12.2 Å². The molecule has 0 bridgehead atoms. The number of hydrogen-bond donors (Lipinski definition) is 2. The molecule has 0 unspecified atom stereocenters. The van der Waals surface area contributed by atoms with E-state index in [1.54, 1.807) is 24.4 Å². The molecule has 0 spiro atoms. The smallest absolute Gasteiger partial charge is 0.275 e. The van der Waals surface area contributed by atoms with E-state index >= 15 is 0 Å². The Morgan fingerprint density at radius 3 is 2.88 bits per heavy atom. The number of nitrogens with zero attached hydrogens (tertiary/aromatic N) is 2. The second-order valence-electron chi connectivity index (χ2n) is 3.30. The third kappa shape index (κ3) is 2.81. The monoisotopic (exact) mass is 232 g/mol. The zero-order valence-electron chi connectivity index (χ0n) is 9.30. The zero-order valence-corrected chi connectivity index (χ0v) is 9.30. The van der Waals surface area contributed by atoms with Gasteiger partial charge in [-0.25, -0.2) is 4.98 Å². The Morgan fingerprint density at radius 1 is 1.41 bits per heavy atom. The lowest BCUT2D eigenvalue weighted by atomic mass is 10.3. The molecule has 17 heavy (non-hydrogen) atoms. The van der Waals surface area contributed by atoms with Crippen LogP contribution < -0.4 is 10.6 Å². The molecule has 0 aromatic carbocycles. The van der Waals surface area contributed by atoms with Gasteiger partial charge >= 0.3 is 0 Å². The highest BCUT2D eigenvalue weighted by Crippen LogP contribution is 2.08. The second-order valence-corrected chi connectivity index (χ2v) is 3.30. The van der Waals surface area contributed by atoms with Crippen molar-refractivity contribution in [2.24, 2.45) is 0 Å². The van der Waals surface area contributed by atoms with Gasteiger partial charge in [-0.15, -0.1) is 0 Å². The van der Waals surface area contributed by atoms with E-state index in [0.29, 0.717) is 11.5 Å². The summed E-state index contributed by atoms with van der Waals surface area (Å²) in [6, 6.07) is 5.01. The molecule has 0 saturated heterocycles. The molecular weight excluding hydrogens is 220 g/mol. The first-order valence-electron chi connectivity index (χ1n) is 5.21. The summed E-state index contributed by atoms with van der Waals surface area (Å²) >= 11 is 0. The summed E-state index contributed by atoms with van der Waals surface area (Å²) in [7, 11) is 0. The Hall–Kier alpha value is -2.37. The van der Waals surface area contributed by atoms with E-state index in [9.17, 15) is 4.79 Å². The Morgan fingerprint density at radius 2 is 2.29 bits per heavy atom. The first-order valence-corrected chi connectivity index (χ1v) is 5.21.